The summed E-state index contributed by atoms with van der Waals surface area (Å²) in [6.45, 7) is 2.98. The second kappa shape index (κ2) is 8.73. The Bertz CT molecular complexity index is 653. The molecule has 0 atom stereocenters. The molecule has 2 aromatic rings. The molecule has 0 aromatic heterocycles. The molecule has 120 valence electrons. The largest absolute Gasteiger partial charge is 0.355 e. The predicted octanol–water partition coefficient (Wildman–Crippen LogP) is 2.36. The molecule has 23 heavy (non-hydrogen) atoms. The van der Waals surface area contributed by atoms with Crippen LogP contribution in [-0.4, -0.2) is 18.4 Å². The third-order valence-corrected chi connectivity index (χ3v) is 3.47. The molecule has 0 aliphatic carbocycles. The molecule has 4 heteroatoms. The van der Waals surface area contributed by atoms with Crippen molar-refractivity contribution >= 4 is 11.8 Å². The van der Waals surface area contributed by atoms with Crippen LogP contribution in [-0.2, 0) is 22.6 Å². The Labute approximate surface area is 136 Å². The van der Waals surface area contributed by atoms with Crippen LogP contribution in [0.4, 0.5) is 0 Å². The smallest absolute Gasteiger partial charge is 0.229 e. The van der Waals surface area contributed by atoms with Crippen LogP contribution in [0.3, 0.4) is 0 Å². The molecule has 0 bridgehead atoms. The minimum absolute atomic E-state index is 0.138. The lowest BCUT2D eigenvalue weighted by Gasteiger charge is -2.07. The second-order valence-corrected chi connectivity index (χ2v) is 5.53. The highest BCUT2D eigenvalue weighted by atomic mass is 16.2. The fraction of sp³-hybridized carbons (Fsp3) is 0.263. The van der Waals surface area contributed by atoms with E-state index in [9.17, 15) is 9.59 Å². The van der Waals surface area contributed by atoms with Crippen molar-refractivity contribution in [3.05, 3.63) is 71.3 Å². The molecule has 0 radical (unpaired) electrons. The molecule has 0 spiro atoms. The molecule has 0 fully saturated rings. The van der Waals surface area contributed by atoms with Crippen molar-refractivity contribution in [1.29, 1.82) is 0 Å². The van der Waals surface area contributed by atoms with Gasteiger partial charge in [0.05, 0.1) is 0 Å². The first-order chi connectivity index (χ1) is 11.1. The first kappa shape index (κ1) is 16.7. The molecular formula is C19H22N2O2. The summed E-state index contributed by atoms with van der Waals surface area (Å²) < 4.78 is 0. The maximum Gasteiger partial charge on any atom is 0.229 e. The summed E-state index contributed by atoms with van der Waals surface area (Å²) in [4.78, 5) is 23.5. The van der Waals surface area contributed by atoms with E-state index in [1.807, 2.05) is 61.5 Å². The van der Waals surface area contributed by atoms with Gasteiger partial charge in [0.15, 0.2) is 0 Å². The summed E-state index contributed by atoms with van der Waals surface area (Å²) in [6, 6.07) is 17.8. The molecule has 0 saturated carbocycles. The number of carbonyl (C=O) groups is 2. The highest BCUT2D eigenvalue weighted by Gasteiger charge is 2.08. The number of nitrogens with one attached hydrogen (secondary N) is 2. The SMILES string of the molecule is Cc1cccc(CNC(=O)CC(=O)NCCc2ccccc2)c1. The van der Waals surface area contributed by atoms with Crippen molar-refractivity contribution in [3.63, 3.8) is 0 Å². The summed E-state index contributed by atoms with van der Waals surface area (Å²) >= 11 is 0. The fourth-order valence-corrected chi connectivity index (χ4v) is 2.28. The van der Waals surface area contributed by atoms with Gasteiger partial charge in [-0.05, 0) is 24.5 Å². The van der Waals surface area contributed by atoms with Gasteiger partial charge in [0, 0.05) is 13.1 Å². The first-order valence-electron chi connectivity index (χ1n) is 7.76. The lowest BCUT2D eigenvalue weighted by Crippen LogP contribution is -2.32. The van der Waals surface area contributed by atoms with E-state index in [-0.39, 0.29) is 18.2 Å². The third kappa shape index (κ3) is 6.34. The van der Waals surface area contributed by atoms with Gasteiger partial charge >= 0.3 is 0 Å². The van der Waals surface area contributed by atoms with E-state index in [2.05, 4.69) is 10.6 Å². The maximum absolute atomic E-state index is 11.8. The van der Waals surface area contributed by atoms with Gasteiger partial charge in [-0.3, -0.25) is 9.59 Å². The van der Waals surface area contributed by atoms with E-state index in [0.29, 0.717) is 13.1 Å². The zero-order valence-corrected chi connectivity index (χ0v) is 13.3. The highest BCUT2D eigenvalue weighted by Crippen LogP contribution is 2.03. The Hall–Kier alpha value is -2.62. The van der Waals surface area contributed by atoms with Gasteiger partial charge in [-0.2, -0.15) is 0 Å². The lowest BCUT2D eigenvalue weighted by atomic mass is 10.1. The van der Waals surface area contributed by atoms with Crippen LogP contribution in [0.5, 0.6) is 0 Å². The molecule has 2 rings (SSSR count). The Morgan fingerprint density at radius 2 is 1.57 bits per heavy atom. The number of hydrogen-bond donors (Lipinski definition) is 2. The molecule has 4 nitrogen and oxygen atoms in total. The quantitative estimate of drug-likeness (QED) is 0.771. The van der Waals surface area contributed by atoms with E-state index >= 15 is 0 Å². The summed E-state index contributed by atoms with van der Waals surface area (Å²) in [5.41, 5.74) is 3.34. The summed E-state index contributed by atoms with van der Waals surface area (Å²) in [5.74, 6) is -0.508. The highest BCUT2D eigenvalue weighted by molar-refractivity contribution is 5.96. The first-order valence-corrected chi connectivity index (χ1v) is 7.76. The van der Waals surface area contributed by atoms with Gasteiger partial charge in [0.2, 0.25) is 11.8 Å². The van der Waals surface area contributed by atoms with E-state index < -0.39 is 0 Å². The van der Waals surface area contributed by atoms with Gasteiger partial charge in [-0.1, -0.05) is 60.2 Å². The van der Waals surface area contributed by atoms with Crippen molar-refractivity contribution in [2.75, 3.05) is 6.54 Å². The van der Waals surface area contributed by atoms with Crippen LogP contribution in [0, 0.1) is 6.92 Å². The Kier molecular flexibility index (Phi) is 6.36. The molecular weight excluding hydrogens is 288 g/mol. The van der Waals surface area contributed by atoms with Crippen LogP contribution < -0.4 is 10.6 Å². The van der Waals surface area contributed by atoms with Crippen molar-refractivity contribution in [2.24, 2.45) is 0 Å². The Morgan fingerprint density at radius 3 is 2.30 bits per heavy atom. The van der Waals surface area contributed by atoms with E-state index in [0.717, 1.165) is 23.1 Å². The van der Waals surface area contributed by atoms with Gasteiger partial charge in [0.25, 0.3) is 0 Å². The average molecular weight is 310 g/mol. The minimum Gasteiger partial charge on any atom is -0.355 e. The molecule has 2 N–H and O–H groups in total. The molecule has 2 aromatic carbocycles. The number of amides is 2. The van der Waals surface area contributed by atoms with Crippen molar-refractivity contribution in [1.82, 2.24) is 10.6 Å². The Balaban J connectivity index is 1.65. The monoisotopic (exact) mass is 310 g/mol. The zero-order valence-electron chi connectivity index (χ0n) is 13.3. The number of benzene rings is 2. The molecule has 0 unspecified atom stereocenters. The van der Waals surface area contributed by atoms with Crippen LogP contribution in [0.1, 0.15) is 23.1 Å². The summed E-state index contributed by atoms with van der Waals surface area (Å²) in [5, 5.41) is 5.53. The fourth-order valence-electron chi connectivity index (χ4n) is 2.28. The molecule has 0 saturated heterocycles. The third-order valence-electron chi connectivity index (χ3n) is 3.47. The summed E-state index contributed by atoms with van der Waals surface area (Å²) in [7, 11) is 0. The van der Waals surface area contributed by atoms with Crippen LogP contribution in [0.15, 0.2) is 54.6 Å². The number of hydrogen-bond acceptors (Lipinski definition) is 2. The van der Waals surface area contributed by atoms with Gasteiger partial charge in [0.1, 0.15) is 6.42 Å². The van der Waals surface area contributed by atoms with Crippen LogP contribution in [0.25, 0.3) is 0 Å². The minimum atomic E-state index is -0.260. The van der Waals surface area contributed by atoms with E-state index in [4.69, 9.17) is 0 Å². The molecule has 0 aliphatic heterocycles. The lowest BCUT2D eigenvalue weighted by molar-refractivity contribution is -0.129. The molecule has 0 heterocycles. The Morgan fingerprint density at radius 1 is 0.870 bits per heavy atom. The van der Waals surface area contributed by atoms with Gasteiger partial charge in [-0.15, -0.1) is 0 Å². The zero-order chi connectivity index (χ0) is 16.5. The predicted molar refractivity (Wildman–Crippen MR) is 90.8 cm³/mol. The van der Waals surface area contributed by atoms with Crippen molar-refractivity contribution in [2.45, 2.75) is 26.3 Å². The average Bonchev–Trinajstić information content (AvgIpc) is 2.54. The normalized spacial score (nSPS) is 10.1. The topological polar surface area (TPSA) is 58.2 Å². The van der Waals surface area contributed by atoms with Crippen molar-refractivity contribution < 1.29 is 9.59 Å². The number of aryl methyl sites for hydroxylation is 1. The standard InChI is InChI=1S/C19H22N2O2/c1-15-6-5-9-17(12-15)14-21-19(23)13-18(22)20-11-10-16-7-3-2-4-8-16/h2-9,12H,10-11,13-14H2,1H3,(H,20,22)(H,21,23). The summed E-state index contributed by atoms with van der Waals surface area (Å²) in [6.07, 6.45) is 0.623. The van der Waals surface area contributed by atoms with Gasteiger partial charge in [-0.25, -0.2) is 0 Å². The number of rotatable bonds is 7. The second-order valence-electron chi connectivity index (χ2n) is 5.53. The number of carbonyl (C=O) groups excluding carboxylic acids is 2. The van der Waals surface area contributed by atoms with E-state index in [1.165, 1.54) is 0 Å². The maximum atomic E-state index is 11.8. The van der Waals surface area contributed by atoms with Crippen molar-refractivity contribution in [3.8, 4) is 0 Å². The van der Waals surface area contributed by atoms with Crippen LogP contribution >= 0.6 is 0 Å². The molecule has 2 amide bonds. The van der Waals surface area contributed by atoms with Crippen LogP contribution in [0.2, 0.25) is 0 Å². The van der Waals surface area contributed by atoms with E-state index in [1.54, 1.807) is 0 Å². The molecule has 0 aliphatic rings. The van der Waals surface area contributed by atoms with Gasteiger partial charge < -0.3 is 10.6 Å².